The Balaban J connectivity index is 1.79. The molecule has 0 aliphatic heterocycles. The zero-order valence-corrected chi connectivity index (χ0v) is 14.6. The number of methoxy groups -OCH3 is 1. The average molecular weight is 366 g/mol. The highest BCUT2D eigenvalue weighted by molar-refractivity contribution is 5.73. The van der Waals surface area contributed by atoms with Crippen molar-refractivity contribution >= 4 is 6.03 Å². The van der Waals surface area contributed by atoms with Crippen LogP contribution < -0.4 is 10.1 Å². The van der Waals surface area contributed by atoms with Crippen molar-refractivity contribution in [3.63, 3.8) is 0 Å². The molecule has 0 radical (unpaired) electrons. The van der Waals surface area contributed by atoms with E-state index in [0.717, 1.165) is 23.4 Å². The molecule has 2 aromatic carbocycles. The van der Waals surface area contributed by atoms with E-state index in [1.165, 1.54) is 17.0 Å². The number of hydrogen-bond acceptors (Lipinski definition) is 2. The van der Waals surface area contributed by atoms with E-state index in [9.17, 15) is 18.0 Å². The lowest BCUT2D eigenvalue weighted by molar-refractivity contribution is -0.137. The van der Waals surface area contributed by atoms with Crippen LogP contribution in [-0.2, 0) is 19.1 Å². The minimum Gasteiger partial charge on any atom is -0.497 e. The summed E-state index contributed by atoms with van der Waals surface area (Å²) in [5.74, 6) is 0.772. The lowest BCUT2D eigenvalue weighted by Crippen LogP contribution is -2.37. The van der Waals surface area contributed by atoms with E-state index in [2.05, 4.69) is 5.32 Å². The molecule has 140 valence electrons. The van der Waals surface area contributed by atoms with E-state index >= 15 is 0 Å². The molecule has 7 heteroatoms. The molecule has 0 aliphatic carbocycles. The highest BCUT2D eigenvalue weighted by Crippen LogP contribution is 2.29. The molecule has 0 unspecified atom stereocenters. The zero-order valence-electron chi connectivity index (χ0n) is 14.6. The summed E-state index contributed by atoms with van der Waals surface area (Å²) in [7, 11) is 3.20. The number of urea groups is 1. The fraction of sp³-hybridized carbons (Fsp3) is 0.316. The lowest BCUT2D eigenvalue weighted by Gasteiger charge is -2.18. The molecular formula is C19H21F3N2O2. The Labute approximate surface area is 150 Å². The summed E-state index contributed by atoms with van der Waals surface area (Å²) in [6.07, 6.45) is -3.69. The molecular weight excluding hydrogens is 345 g/mol. The standard InChI is InChI=1S/C19H21F3N2O2/c1-24(13-15-3-7-16(8-4-15)19(20,21)22)18(25)23-12-11-14-5-9-17(26-2)10-6-14/h3-10H,11-13H2,1-2H3,(H,23,25). The highest BCUT2D eigenvalue weighted by atomic mass is 19.4. The molecule has 0 saturated heterocycles. The minimum atomic E-state index is -4.36. The summed E-state index contributed by atoms with van der Waals surface area (Å²) in [6, 6.07) is 12.1. The van der Waals surface area contributed by atoms with Gasteiger partial charge < -0.3 is 15.0 Å². The third-order valence-electron chi connectivity index (χ3n) is 3.90. The number of amides is 2. The van der Waals surface area contributed by atoms with Crippen LogP contribution in [0.2, 0.25) is 0 Å². The van der Waals surface area contributed by atoms with Gasteiger partial charge in [0, 0.05) is 20.1 Å². The van der Waals surface area contributed by atoms with E-state index in [0.29, 0.717) is 18.5 Å². The Morgan fingerprint density at radius 1 is 1.04 bits per heavy atom. The number of nitrogens with one attached hydrogen (secondary N) is 1. The predicted molar refractivity (Wildman–Crippen MR) is 93.0 cm³/mol. The topological polar surface area (TPSA) is 41.6 Å². The van der Waals surface area contributed by atoms with Crippen molar-refractivity contribution in [2.24, 2.45) is 0 Å². The number of alkyl halides is 3. The fourth-order valence-electron chi connectivity index (χ4n) is 2.39. The van der Waals surface area contributed by atoms with Gasteiger partial charge in [0.15, 0.2) is 0 Å². The first-order valence-electron chi connectivity index (χ1n) is 8.07. The van der Waals surface area contributed by atoms with E-state index in [-0.39, 0.29) is 12.6 Å². The second-order valence-corrected chi connectivity index (χ2v) is 5.88. The van der Waals surface area contributed by atoms with Crippen LogP contribution in [0.15, 0.2) is 48.5 Å². The van der Waals surface area contributed by atoms with E-state index in [1.807, 2.05) is 24.3 Å². The minimum absolute atomic E-state index is 0.229. The molecule has 1 N–H and O–H groups in total. The number of rotatable bonds is 6. The first kappa shape index (κ1) is 19.6. The van der Waals surface area contributed by atoms with Crippen molar-refractivity contribution in [2.45, 2.75) is 19.1 Å². The van der Waals surface area contributed by atoms with Gasteiger partial charge in [-0.2, -0.15) is 13.2 Å². The summed E-state index contributed by atoms with van der Waals surface area (Å²) in [5, 5.41) is 2.79. The molecule has 0 saturated carbocycles. The second-order valence-electron chi connectivity index (χ2n) is 5.88. The van der Waals surface area contributed by atoms with Crippen molar-refractivity contribution in [3.8, 4) is 5.75 Å². The van der Waals surface area contributed by atoms with Gasteiger partial charge in [-0.05, 0) is 41.8 Å². The largest absolute Gasteiger partial charge is 0.497 e. The summed E-state index contributed by atoms with van der Waals surface area (Å²) < 4.78 is 42.7. The fourth-order valence-corrected chi connectivity index (χ4v) is 2.39. The number of hydrogen-bond donors (Lipinski definition) is 1. The van der Waals surface area contributed by atoms with E-state index in [1.54, 1.807) is 14.2 Å². The summed E-state index contributed by atoms with van der Waals surface area (Å²) >= 11 is 0. The lowest BCUT2D eigenvalue weighted by atomic mass is 10.1. The van der Waals surface area contributed by atoms with Gasteiger partial charge in [-0.15, -0.1) is 0 Å². The number of carbonyl (C=O) groups excluding carboxylic acids is 1. The van der Waals surface area contributed by atoms with Crippen LogP contribution in [0.5, 0.6) is 5.75 Å². The Bertz CT molecular complexity index is 713. The number of halogens is 3. The van der Waals surface area contributed by atoms with Gasteiger partial charge in [0.25, 0.3) is 0 Å². The monoisotopic (exact) mass is 366 g/mol. The van der Waals surface area contributed by atoms with Crippen LogP contribution in [0, 0.1) is 0 Å². The molecule has 2 aromatic rings. The van der Waals surface area contributed by atoms with Crippen LogP contribution in [0.4, 0.5) is 18.0 Å². The number of nitrogens with zero attached hydrogens (tertiary/aromatic N) is 1. The third kappa shape index (κ3) is 5.68. The SMILES string of the molecule is COc1ccc(CCNC(=O)N(C)Cc2ccc(C(F)(F)F)cc2)cc1. The normalized spacial score (nSPS) is 11.1. The summed E-state index contributed by atoms with van der Waals surface area (Å²) in [5.41, 5.74) is 0.996. The zero-order chi connectivity index (χ0) is 19.2. The average Bonchev–Trinajstić information content (AvgIpc) is 2.62. The van der Waals surface area contributed by atoms with E-state index in [4.69, 9.17) is 4.74 Å². The molecule has 0 fully saturated rings. The molecule has 0 aliphatic rings. The number of carbonyl (C=O) groups is 1. The maximum atomic E-state index is 12.6. The van der Waals surface area contributed by atoms with Crippen molar-refractivity contribution in [1.82, 2.24) is 10.2 Å². The van der Waals surface area contributed by atoms with Crippen LogP contribution in [0.25, 0.3) is 0 Å². The van der Waals surface area contributed by atoms with Crippen molar-refractivity contribution < 1.29 is 22.7 Å². The molecule has 0 aromatic heterocycles. The van der Waals surface area contributed by atoms with Gasteiger partial charge in [0.1, 0.15) is 5.75 Å². The summed E-state index contributed by atoms with van der Waals surface area (Å²) in [6.45, 7) is 0.690. The Hall–Kier alpha value is -2.70. The smallest absolute Gasteiger partial charge is 0.416 e. The predicted octanol–water partition coefficient (Wildman–Crippen LogP) is 4.10. The van der Waals surface area contributed by atoms with Gasteiger partial charge in [0.05, 0.1) is 12.7 Å². The molecule has 0 heterocycles. The van der Waals surface area contributed by atoms with Crippen molar-refractivity contribution in [2.75, 3.05) is 20.7 Å². The Morgan fingerprint density at radius 2 is 1.62 bits per heavy atom. The van der Waals surface area contributed by atoms with Gasteiger partial charge in [-0.3, -0.25) is 0 Å². The van der Waals surface area contributed by atoms with Crippen LogP contribution in [0.3, 0.4) is 0 Å². The maximum absolute atomic E-state index is 12.6. The molecule has 26 heavy (non-hydrogen) atoms. The summed E-state index contributed by atoms with van der Waals surface area (Å²) in [4.78, 5) is 13.5. The molecule has 2 rings (SSSR count). The van der Waals surface area contributed by atoms with Crippen LogP contribution >= 0.6 is 0 Å². The van der Waals surface area contributed by atoms with Crippen LogP contribution in [0.1, 0.15) is 16.7 Å². The van der Waals surface area contributed by atoms with Crippen LogP contribution in [-0.4, -0.2) is 31.6 Å². The number of benzene rings is 2. The molecule has 0 atom stereocenters. The Morgan fingerprint density at radius 3 is 2.15 bits per heavy atom. The first-order chi connectivity index (χ1) is 12.3. The van der Waals surface area contributed by atoms with Gasteiger partial charge >= 0.3 is 12.2 Å². The number of ether oxygens (including phenoxy) is 1. The van der Waals surface area contributed by atoms with Crippen molar-refractivity contribution in [1.29, 1.82) is 0 Å². The highest BCUT2D eigenvalue weighted by Gasteiger charge is 2.29. The maximum Gasteiger partial charge on any atom is 0.416 e. The molecule has 2 amide bonds. The third-order valence-corrected chi connectivity index (χ3v) is 3.90. The van der Waals surface area contributed by atoms with Gasteiger partial charge in [-0.1, -0.05) is 24.3 Å². The quantitative estimate of drug-likeness (QED) is 0.836. The van der Waals surface area contributed by atoms with Crippen molar-refractivity contribution in [3.05, 3.63) is 65.2 Å². The molecule has 0 spiro atoms. The molecule has 0 bridgehead atoms. The Kier molecular flexibility index (Phi) is 6.49. The molecule has 4 nitrogen and oxygen atoms in total. The van der Waals surface area contributed by atoms with Gasteiger partial charge in [-0.25, -0.2) is 4.79 Å². The second kappa shape index (κ2) is 8.60. The van der Waals surface area contributed by atoms with E-state index < -0.39 is 11.7 Å². The van der Waals surface area contributed by atoms with Gasteiger partial charge in [0.2, 0.25) is 0 Å². The first-order valence-corrected chi connectivity index (χ1v) is 8.07.